The maximum absolute atomic E-state index is 12.5. The van der Waals surface area contributed by atoms with Crippen LogP contribution in [0.4, 0.5) is 0 Å². The summed E-state index contributed by atoms with van der Waals surface area (Å²) in [6, 6.07) is 15.0. The topological polar surface area (TPSA) is 65.0 Å². The first kappa shape index (κ1) is 21.3. The molecule has 0 saturated heterocycles. The molecule has 2 atom stereocenters. The lowest BCUT2D eigenvalue weighted by molar-refractivity contribution is -0.160. The number of aliphatic hydroxyl groups is 1. The van der Waals surface area contributed by atoms with Gasteiger partial charge in [-0.1, -0.05) is 55.1 Å². The summed E-state index contributed by atoms with van der Waals surface area (Å²) in [5.41, 5.74) is 6.32. The largest absolute Gasteiger partial charge is 0.458 e. The van der Waals surface area contributed by atoms with Crippen molar-refractivity contribution >= 4 is 5.97 Å². The van der Waals surface area contributed by atoms with Crippen LogP contribution in [0.3, 0.4) is 0 Å². The Morgan fingerprint density at radius 2 is 2.00 bits per heavy atom. The number of carbonyl (C=O) groups excluding carboxylic acids is 1. The molecule has 0 unspecified atom stereocenters. The van der Waals surface area contributed by atoms with Gasteiger partial charge in [-0.3, -0.25) is 0 Å². The van der Waals surface area contributed by atoms with Gasteiger partial charge in [0.2, 0.25) is 12.0 Å². The lowest BCUT2D eigenvalue weighted by Crippen LogP contribution is -2.28. The first-order valence-corrected chi connectivity index (χ1v) is 10.8. The van der Waals surface area contributed by atoms with E-state index >= 15 is 0 Å². The number of carbonyl (C=O) groups is 1. The molecule has 0 amide bonds. The summed E-state index contributed by atoms with van der Waals surface area (Å²) in [5.74, 6) is -0.368. The van der Waals surface area contributed by atoms with Gasteiger partial charge in [-0.15, -0.1) is 0 Å². The van der Waals surface area contributed by atoms with Gasteiger partial charge in [0.05, 0.1) is 6.61 Å². The molecule has 5 nitrogen and oxygen atoms in total. The number of hydrogen-bond acceptors (Lipinski definition) is 5. The van der Waals surface area contributed by atoms with Gasteiger partial charge in [0.15, 0.2) is 0 Å². The van der Waals surface area contributed by atoms with E-state index < -0.39 is 12.3 Å². The molecule has 1 N–H and O–H groups in total. The summed E-state index contributed by atoms with van der Waals surface area (Å²) >= 11 is 0. The quantitative estimate of drug-likeness (QED) is 0.314. The lowest BCUT2D eigenvalue weighted by Gasteiger charge is -2.29. The van der Waals surface area contributed by atoms with Crippen LogP contribution < -0.4 is 0 Å². The first-order valence-electron chi connectivity index (χ1n) is 10.8. The number of fused-ring (bicyclic) bond motifs is 3. The molecule has 2 aromatic carbocycles. The minimum Gasteiger partial charge on any atom is -0.458 e. The Morgan fingerprint density at radius 3 is 2.84 bits per heavy atom. The summed E-state index contributed by atoms with van der Waals surface area (Å²) in [5, 5.41) is 8.97. The fourth-order valence-corrected chi connectivity index (χ4v) is 4.14. The van der Waals surface area contributed by atoms with Crippen molar-refractivity contribution in [3.63, 3.8) is 0 Å². The van der Waals surface area contributed by atoms with Gasteiger partial charge in [0.25, 0.3) is 0 Å². The highest BCUT2D eigenvalue weighted by molar-refractivity contribution is 5.86. The number of hydrogen-bond donors (Lipinski definition) is 1. The Labute approximate surface area is 183 Å². The molecule has 5 heteroatoms. The molecule has 2 aliphatic rings. The third-order valence-electron chi connectivity index (χ3n) is 5.70. The van der Waals surface area contributed by atoms with Crippen molar-refractivity contribution in [3.05, 3.63) is 83.6 Å². The van der Waals surface area contributed by atoms with E-state index in [9.17, 15) is 4.79 Å². The van der Waals surface area contributed by atoms with Gasteiger partial charge < -0.3 is 19.3 Å². The van der Waals surface area contributed by atoms with Gasteiger partial charge >= 0.3 is 5.97 Å². The molecule has 0 fully saturated rings. The van der Waals surface area contributed by atoms with Crippen LogP contribution in [0.15, 0.2) is 67.0 Å². The van der Waals surface area contributed by atoms with Crippen molar-refractivity contribution in [2.75, 3.05) is 19.8 Å². The summed E-state index contributed by atoms with van der Waals surface area (Å²) in [4.78, 5) is 12.5. The van der Waals surface area contributed by atoms with E-state index in [1.807, 2.05) is 6.08 Å². The van der Waals surface area contributed by atoms with Gasteiger partial charge in [-0.25, -0.2) is 4.79 Å². The van der Waals surface area contributed by atoms with Crippen molar-refractivity contribution < 1.29 is 24.1 Å². The van der Waals surface area contributed by atoms with E-state index in [1.165, 1.54) is 28.3 Å². The van der Waals surface area contributed by atoms with Crippen LogP contribution in [-0.4, -0.2) is 37.2 Å². The summed E-state index contributed by atoms with van der Waals surface area (Å²) < 4.78 is 16.8. The maximum atomic E-state index is 12.5. The third-order valence-corrected chi connectivity index (χ3v) is 5.70. The van der Waals surface area contributed by atoms with E-state index in [4.69, 9.17) is 19.3 Å². The first-order chi connectivity index (χ1) is 15.2. The minimum absolute atomic E-state index is 0.0269. The standard InChI is InChI=1S/C26H28O5/c1-2-12-30-26(28)24-16-21(17-25(31-24)29-13-6-5-11-27)18-9-10-20-14-19-7-3-4-8-22(19)23(20)15-18/h2-4,7-10,15-16,21,25,27H,1,5-6,11-14,17H2/t21-,25+/m1/s1. The van der Waals surface area contributed by atoms with Crippen LogP contribution >= 0.6 is 0 Å². The smallest absolute Gasteiger partial charge is 0.373 e. The monoisotopic (exact) mass is 420 g/mol. The summed E-state index contributed by atoms with van der Waals surface area (Å²) in [6.07, 6.45) is 5.78. The molecule has 0 radical (unpaired) electrons. The molecule has 2 aromatic rings. The summed E-state index contributed by atoms with van der Waals surface area (Å²) in [7, 11) is 0. The molecule has 0 bridgehead atoms. The Balaban J connectivity index is 1.58. The molecule has 1 aliphatic heterocycles. The molecular formula is C26H28O5. The van der Waals surface area contributed by atoms with Gasteiger partial charge in [-0.2, -0.15) is 0 Å². The molecule has 0 spiro atoms. The molecule has 31 heavy (non-hydrogen) atoms. The predicted octanol–water partition coefficient (Wildman–Crippen LogP) is 4.49. The molecular weight excluding hydrogens is 392 g/mol. The van der Waals surface area contributed by atoms with Crippen molar-refractivity contribution in [1.29, 1.82) is 0 Å². The van der Waals surface area contributed by atoms with Gasteiger partial charge in [-0.05, 0) is 53.2 Å². The second-order valence-corrected chi connectivity index (χ2v) is 7.86. The Hall–Kier alpha value is -2.89. The third kappa shape index (κ3) is 4.89. The zero-order valence-electron chi connectivity index (χ0n) is 17.6. The van der Waals surface area contributed by atoms with Crippen LogP contribution in [0, 0.1) is 0 Å². The van der Waals surface area contributed by atoms with E-state index in [-0.39, 0.29) is 24.9 Å². The number of unbranched alkanes of at least 4 members (excludes halogenated alkanes) is 1. The highest BCUT2D eigenvalue weighted by Crippen LogP contribution is 2.40. The van der Waals surface area contributed by atoms with Crippen molar-refractivity contribution in [2.45, 2.75) is 37.9 Å². The number of benzene rings is 2. The average molecular weight is 421 g/mol. The average Bonchev–Trinajstić information content (AvgIpc) is 3.18. The number of ether oxygens (including phenoxy) is 3. The highest BCUT2D eigenvalue weighted by atomic mass is 16.7. The van der Waals surface area contributed by atoms with E-state index in [1.54, 1.807) is 0 Å². The van der Waals surface area contributed by atoms with Crippen LogP contribution in [0.1, 0.15) is 41.9 Å². The number of aliphatic hydroxyl groups excluding tert-OH is 1. The van der Waals surface area contributed by atoms with E-state index in [0.29, 0.717) is 19.4 Å². The van der Waals surface area contributed by atoms with Crippen molar-refractivity contribution in [2.24, 2.45) is 0 Å². The second kappa shape index (κ2) is 9.94. The normalized spacial score (nSPS) is 19.1. The second-order valence-electron chi connectivity index (χ2n) is 7.86. The molecule has 1 aliphatic carbocycles. The van der Waals surface area contributed by atoms with E-state index in [2.05, 4.69) is 49.0 Å². The number of esters is 1. The Kier molecular flexibility index (Phi) is 6.85. The fourth-order valence-electron chi connectivity index (χ4n) is 4.14. The number of allylic oxidation sites excluding steroid dienone is 1. The zero-order chi connectivity index (χ0) is 21.6. The van der Waals surface area contributed by atoms with Gasteiger partial charge in [0, 0.05) is 18.9 Å². The molecule has 4 rings (SSSR count). The molecule has 162 valence electrons. The molecule has 0 saturated carbocycles. The summed E-state index contributed by atoms with van der Waals surface area (Å²) in [6.45, 7) is 4.30. The van der Waals surface area contributed by atoms with Crippen molar-refractivity contribution in [1.82, 2.24) is 0 Å². The predicted molar refractivity (Wildman–Crippen MR) is 118 cm³/mol. The molecule has 0 aromatic heterocycles. The van der Waals surface area contributed by atoms with Crippen LogP contribution in [0.25, 0.3) is 11.1 Å². The maximum Gasteiger partial charge on any atom is 0.373 e. The Morgan fingerprint density at radius 1 is 1.16 bits per heavy atom. The number of rotatable bonds is 9. The van der Waals surface area contributed by atoms with Crippen LogP contribution in [0.2, 0.25) is 0 Å². The van der Waals surface area contributed by atoms with Crippen LogP contribution in [-0.2, 0) is 25.4 Å². The SMILES string of the molecule is C=CCOC(=O)C1=C[C@@H](c2ccc3c(c2)-c2ccccc2C3)C[C@@H](OCCCCO)O1. The lowest BCUT2D eigenvalue weighted by atomic mass is 9.90. The minimum atomic E-state index is -0.541. The fraction of sp³-hybridized carbons (Fsp3) is 0.346. The van der Waals surface area contributed by atoms with Gasteiger partial charge in [0.1, 0.15) is 6.61 Å². The zero-order valence-corrected chi connectivity index (χ0v) is 17.6. The van der Waals surface area contributed by atoms with Crippen molar-refractivity contribution in [3.8, 4) is 11.1 Å². The molecule has 1 heterocycles. The Bertz CT molecular complexity index is 978. The highest BCUT2D eigenvalue weighted by Gasteiger charge is 2.30. The van der Waals surface area contributed by atoms with E-state index in [0.717, 1.165) is 18.4 Å². The van der Waals surface area contributed by atoms with Crippen LogP contribution in [0.5, 0.6) is 0 Å².